The molecule has 2 rings (SSSR count). The van der Waals surface area contributed by atoms with Crippen LogP contribution in [-0.4, -0.2) is 23.3 Å². The van der Waals surface area contributed by atoms with E-state index in [2.05, 4.69) is 0 Å². The quantitative estimate of drug-likeness (QED) is 0.694. The Balaban J connectivity index is 2.46. The van der Waals surface area contributed by atoms with E-state index in [1.165, 1.54) is 12.1 Å². The Morgan fingerprint density at radius 3 is 2.53 bits per heavy atom. The van der Waals surface area contributed by atoms with E-state index in [1.807, 2.05) is 6.92 Å². The first-order valence-electron chi connectivity index (χ1n) is 4.81. The van der Waals surface area contributed by atoms with Crippen molar-refractivity contribution in [1.29, 1.82) is 0 Å². The molecular formula is C11H10FNO2. The molecule has 0 spiro atoms. The van der Waals surface area contributed by atoms with Gasteiger partial charge in [-0.25, -0.2) is 4.39 Å². The van der Waals surface area contributed by atoms with Gasteiger partial charge in [-0.05, 0) is 24.6 Å². The molecule has 0 aromatic heterocycles. The van der Waals surface area contributed by atoms with Gasteiger partial charge >= 0.3 is 0 Å². The van der Waals surface area contributed by atoms with Crippen LogP contribution in [0.15, 0.2) is 18.2 Å². The molecule has 78 valence electrons. The number of imide groups is 1. The predicted molar refractivity (Wildman–Crippen MR) is 52.1 cm³/mol. The van der Waals surface area contributed by atoms with E-state index in [0.29, 0.717) is 18.5 Å². The molecule has 1 aliphatic heterocycles. The molecule has 0 saturated carbocycles. The van der Waals surface area contributed by atoms with Crippen molar-refractivity contribution in [3.05, 3.63) is 35.1 Å². The van der Waals surface area contributed by atoms with E-state index < -0.39 is 11.7 Å². The van der Waals surface area contributed by atoms with Crippen molar-refractivity contribution in [2.75, 3.05) is 6.54 Å². The maximum atomic E-state index is 12.9. The van der Waals surface area contributed by atoms with Crippen molar-refractivity contribution < 1.29 is 14.0 Å². The second-order valence-electron chi connectivity index (χ2n) is 3.45. The van der Waals surface area contributed by atoms with E-state index >= 15 is 0 Å². The van der Waals surface area contributed by atoms with Gasteiger partial charge in [-0.1, -0.05) is 6.92 Å². The van der Waals surface area contributed by atoms with Gasteiger partial charge in [-0.3, -0.25) is 14.5 Å². The molecule has 0 unspecified atom stereocenters. The van der Waals surface area contributed by atoms with Gasteiger partial charge in [0.25, 0.3) is 11.8 Å². The molecule has 0 radical (unpaired) electrons. The zero-order chi connectivity index (χ0) is 11.0. The first kappa shape index (κ1) is 9.83. The average molecular weight is 207 g/mol. The van der Waals surface area contributed by atoms with Gasteiger partial charge in [-0.15, -0.1) is 0 Å². The molecule has 0 fully saturated rings. The lowest BCUT2D eigenvalue weighted by atomic mass is 10.1. The summed E-state index contributed by atoms with van der Waals surface area (Å²) < 4.78 is 12.9. The first-order chi connectivity index (χ1) is 7.15. The van der Waals surface area contributed by atoms with E-state index in [4.69, 9.17) is 0 Å². The normalized spacial score (nSPS) is 14.7. The Morgan fingerprint density at radius 1 is 1.20 bits per heavy atom. The lowest BCUT2D eigenvalue weighted by Crippen LogP contribution is -2.30. The van der Waals surface area contributed by atoms with Crippen molar-refractivity contribution in [3.8, 4) is 0 Å². The molecule has 3 nitrogen and oxygen atoms in total. The van der Waals surface area contributed by atoms with Gasteiger partial charge in [0, 0.05) is 6.54 Å². The van der Waals surface area contributed by atoms with Crippen LogP contribution in [0.5, 0.6) is 0 Å². The topological polar surface area (TPSA) is 37.4 Å². The Labute approximate surface area is 86.5 Å². The highest BCUT2D eigenvalue weighted by Gasteiger charge is 2.34. The molecule has 0 aliphatic carbocycles. The highest BCUT2D eigenvalue weighted by molar-refractivity contribution is 6.21. The molecule has 1 aliphatic rings. The number of carbonyl (C=O) groups is 2. The SMILES string of the molecule is CCCN1C(=O)c2ccc(F)cc2C1=O. The number of hydrogen-bond donors (Lipinski definition) is 0. The lowest BCUT2D eigenvalue weighted by molar-refractivity contribution is 0.0654. The maximum absolute atomic E-state index is 12.9. The molecule has 15 heavy (non-hydrogen) atoms. The Hall–Kier alpha value is -1.71. The van der Waals surface area contributed by atoms with E-state index in [1.54, 1.807) is 0 Å². The second-order valence-corrected chi connectivity index (χ2v) is 3.45. The summed E-state index contributed by atoms with van der Waals surface area (Å²) in [6, 6.07) is 3.67. The van der Waals surface area contributed by atoms with Crippen LogP contribution in [0.4, 0.5) is 4.39 Å². The van der Waals surface area contributed by atoms with E-state index in [9.17, 15) is 14.0 Å². The maximum Gasteiger partial charge on any atom is 0.261 e. The first-order valence-corrected chi connectivity index (χ1v) is 4.81. The van der Waals surface area contributed by atoms with Gasteiger partial charge in [0.15, 0.2) is 0 Å². The van der Waals surface area contributed by atoms with Crippen LogP contribution >= 0.6 is 0 Å². The number of fused-ring (bicyclic) bond motifs is 1. The number of benzene rings is 1. The summed E-state index contributed by atoms with van der Waals surface area (Å²) in [4.78, 5) is 24.5. The molecule has 1 aromatic rings. The number of rotatable bonds is 2. The van der Waals surface area contributed by atoms with Crippen molar-refractivity contribution in [2.24, 2.45) is 0 Å². The van der Waals surface area contributed by atoms with Crippen LogP contribution in [0.3, 0.4) is 0 Å². The fraction of sp³-hybridized carbons (Fsp3) is 0.273. The largest absolute Gasteiger partial charge is 0.274 e. The summed E-state index contributed by atoms with van der Waals surface area (Å²) in [6.45, 7) is 2.26. The number of hydrogen-bond acceptors (Lipinski definition) is 2. The van der Waals surface area contributed by atoms with Crippen LogP contribution < -0.4 is 0 Å². The van der Waals surface area contributed by atoms with E-state index in [-0.39, 0.29) is 11.5 Å². The highest BCUT2D eigenvalue weighted by atomic mass is 19.1. The lowest BCUT2D eigenvalue weighted by Gasteiger charge is -2.11. The predicted octanol–water partition coefficient (Wildman–Crippen LogP) is 1.83. The Morgan fingerprint density at radius 2 is 1.87 bits per heavy atom. The van der Waals surface area contributed by atoms with Gasteiger partial charge in [0.1, 0.15) is 5.82 Å². The molecule has 4 heteroatoms. The minimum absolute atomic E-state index is 0.174. The van der Waals surface area contributed by atoms with Gasteiger partial charge in [-0.2, -0.15) is 0 Å². The zero-order valence-electron chi connectivity index (χ0n) is 8.29. The standard InChI is InChI=1S/C11H10FNO2/c1-2-5-13-10(14)8-4-3-7(12)6-9(8)11(13)15/h3-4,6H,2,5H2,1H3. The average Bonchev–Trinajstić information content (AvgIpc) is 2.44. The number of nitrogens with zero attached hydrogens (tertiary/aromatic N) is 1. The van der Waals surface area contributed by atoms with Crippen molar-refractivity contribution >= 4 is 11.8 Å². The molecule has 2 amide bonds. The third-order valence-electron chi connectivity index (χ3n) is 2.38. The molecule has 0 saturated heterocycles. The highest BCUT2D eigenvalue weighted by Crippen LogP contribution is 2.23. The molecule has 0 atom stereocenters. The van der Waals surface area contributed by atoms with Crippen molar-refractivity contribution in [2.45, 2.75) is 13.3 Å². The third kappa shape index (κ3) is 1.42. The van der Waals surface area contributed by atoms with Gasteiger partial charge in [0.2, 0.25) is 0 Å². The summed E-state index contributed by atoms with van der Waals surface area (Å²) >= 11 is 0. The molecular weight excluding hydrogens is 197 g/mol. The minimum atomic E-state index is -0.492. The summed E-state index contributed by atoms with van der Waals surface area (Å²) in [5.41, 5.74) is 0.475. The second kappa shape index (κ2) is 3.46. The number of carbonyl (C=O) groups excluding carboxylic acids is 2. The summed E-state index contributed by atoms with van der Waals surface area (Å²) in [5.74, 6) is -1.21. The van der Waals surface area contributed by atoms with Crippen LogP contribution in [0.1, 0.15) is 34.1 Å². The summed E-state index contributed by atoms with van der Waals surface area (Å²) in [6.07, 6.45) is 0.702. The van der Waals surface area contributed by atoms with Crippen LogP contribution in [0, 0.1) is 5.82 Å². The molecule has 0 bridgehead atoms. The van der Waals surface area contributed by atoms with Gasteiger partial charge < -0.3 is 0 Å². The minimum Gasteiger partial charge on any atom is -0.274 e. The monoisotopic (exact) mass is 207 g/mol. The smallest absolute Gasteiger partial charge is 0.261 e. The fourth-order valence-electron chi connectivity index (χ4n) is 1.69. The summed E-state index contributed by atoms with van der Waals surface area (Å²) in [5, 5.41) is 0. The van der Waals surface area contributed by atoms with Crippen molar-refractivity contribution in [1.82, 2.24) is 4.90 Å². The van der Waals surface area contributed by atoms with Crippen LogP contribution in [0.2, 0.25) is 0 Å². The number of amides is 2. The van der Waals surface area contributed by atoms with Crippen LogP contribution in [0.25, 0.3) is 0 Å². The third-order valence-corrected chi connectivity index (χ3v) is 2.38. The fourth-order valence-corrected chi connectivity index (χ4v) is 1.69. The zero-order valence-corrected chi connectivity index (χ0v) is 8.29. The van der Waals surface area contributed by atoms with E-state index in [0.717, 1.165) is 11.0 Å². The van der Waals surface area contributed by atoms with Gasteiger partial charge in [0.05, 0.1) is 11.1 Å². The van der Waals surface area contributed by atoms with Crippen molar-refractivity contribution in [3.63, 3.8) is 0 Å². The Kier molecular flexibility index (Phi) is 2.26. The number of halogens is 1. The molecule has 1 heterocycles. The summed E-state index contributed by atoms with van der Waals surface area (Å²) in [7, 11) is 0. The Bertz CT molecular complexity index is 442. The van der Waals surface area contributed by atoms with Crippen LogP contribution in [-0.2, 0) is 0 Å². The molecule has 0 N–H and O–H groups in total. The molecule has 1 aromatic carbocycles.